The van der Waals surface area contributed by atoms with E-state index >= 15 is 0 Å². The van der Waals surface area contributed by atoms with Gasteiger partial charge in [0.25, 0.3) is 0 Å². The minimum Gasteiger partial charge on any atom is -0.506 e. The smallest absolute Gasteiger partial charge is 0.134 e. The Kier molecular flexibility index (Phi) is 2.14. The number of halogens is 2. The van der Waals surface area contributed by atoms with Gasteiger partial charge in [0.05, 0.1) is 5.88 Å². The van der Waals surface area contributed by atoms with Gasteiger partial charge in [0.1, 0.15) is 11.6 Å². The van der Waals surface area contributed by atoms with Crippen LogP contribution in [0.4, 0.5) is 4.39 Å². The molecule has 1 aromatic carbocycles. The molecule has 0 aliphatic heterocycles. The highest BCUT2D eigenvalue weighted by Gasteiger charge is 2.07. The molecular formula is C9H6ClFOS. The Morgan fingerprint density at radius 1 is 1.46 bits per heavy atom. The first-order valence-corrected chi connectivity index (χ1v) is 5.08. The van der Waals surface area contributed by atoms with Crippen molar-refractivity contribution < 1.29 is 9.50 Å². The summed E-state index contributed by atoms with van der Waals surface area (Å²) in [6.45, 7) is 0. The molecule has 0 atom stereocenters. The zero-order valence-electron chi connectivity index (χ0n) is 6.55. The number of hydrogen-bond donors (Lipinski definition) is 1. The predicted octanol–water partition coefficient (Wildman–Crippen LogP) is 3.48. The van der Waals surface area contributed by atoms with Gasteiger partial charge in [0, 0.05) is 21.0 Å². The molecule has 0 aliphatic rings. The summed E-state index contributed by atoms with van der Waals surface area (Å²) in [6.07, 6.45) is 0. The van der Waals surface area contributed by atoms with Crippen LogP contribution in [-0.4, -0.2) is 5.11 Å². The third-order valence-electron chi connectivity index (χ3n) is 1.87. The van der Waals surface area contributed by atoms with Gasteiger partial charge < -0.3 is 5.11 Å². The second-order valence-electron chi connectivity index (χ2n) is 2.69. The number of thiophene rings is 1. The van der Waals surface area contributed by atoms with Crippen LogP contribution >= 0.6 is 22.9 Å². The van der Waals surface area contributed by atoms with E-state index in [1.165, 1.54) is 17.4 Å². The van der Waals surface area contributed by atoms with Crippen LogP contribution in [0.2, 0.25) is 0 Å². The van der Waals surface area contributed by atoms with E-state index in [0.29, 0.717) is 10.9 Å². The first kappa shape index (κ1) is 8.78. The molecule has 68 valence electrons. The zero-order valence-corrected chi connectivity index (χ0v) is 8.12. The van der Waals surface area contributed by atoms with Crippen LogP contribution < -0.4 is 0 Å². The van der Waals surface area contributed by atoms with Crippen molar-refractivity contribution in [3.8, 4) is 5.75 Å². The van der Waals surface area contributed by atoms with E-state index in [0.717, 1.165) is 4.70 Å². The molecule has 0 radical (unpaired) electrons. The fourth-order valence-electron chi connectivity index (χ4n) is 1.18. The largest absolute Gasteiger partial charge is 0.506 e. The average molecular weight is 217 g/mol. The third-order valence-corrected chi connectivity index (χ3v) is 3.09. The minimum absolute atomic E-state index is 0.122. The molecular weight excluding hydrogens is 211 g/mol. The maximum absolute atomic E-state index is 13.2. The van der Waals surface area contributed by atoms with Gasteiger partial charge >= 0.3 is 0 Å². The normalized spacial score (nSPS) is 10.9. The molecule has 4 heteroatoms. The number of benzene rings is 1. The van der Waals surface area contributed by atoms with Crippen LogP contribution in [0.15, 0.2) is 17.5 Å². The van der Waals surface area contributed by atoms with Crippen LogP contribution in [-0.2, 0) is 5.88 Å². The van der Waals surface area contributed by atoms with Crippen LogP contribution in [0.25, 0.3) is 10.1 Å². The lowest BCUT2D eigenvalue weighted by Gasteiger charge is -1.98. The fourth-order valence-corrected chi connectivity index (χ4v) is 2.22. The third kappa shape index (κ3) is 1.38. The van der Waals surface area contributed by atoms with Crippen LogP contribution in [0, 0.1) is 5.82 Å². The first-order chi connectivity index (χ1) is 6.22. The van der Waals surface area contributed by atoms with E-state index in [2.05, 4.69) is 0 Å². The van der Waals surface area contributed by atoms with Gasteiger partial charge in [-0.1, -0.05) is 0 Å². The van der Waals surface area contributed by atoms with E-state index < -0.39 is 0 Å². The van der Waals surface area contributed by atoms with Gasteiger partial charge in [-0.05, 0) is 12.1 Å². The van der Waals surface area contributed by atoms with Gasteiger partial charge in [0.15, 0.2) is 0 Å². The molecule has 0 aliphatic carbocycles. The molecule has 0 saturated heterocycles. The Balaban J connectivity index is 2.77. The highest BCUT2D eigenvalue weighted by atomic mass is 35.5. The maximum Gasteiger partial charge on any atom is 0.134 e. The number of aromatic hydroxyl groups is 1. The number of hydrogen-bond acceptors (Lipinski definition) is 2. The molecule has 0 fully saturated rings. The Hall–Kier alpha value is -0.800. The second kappa shape index (κ2) is 3.16. The van der Waals surface area contributed by atoms with Crippen LogP contribution in [0.1, 0.15) is 5.56 Å². The highest BCUT2D eigenvalue weighted by molar-refractivity contribution is 7.17. The molecule has 0 spiro atoms. The standard InChI is InChI=1S/C9H6ClFOS/c10-3-5-1-6-8(12)4-13-9(6)2-7(5)11/h1-2,4,12H,3H2. The van der Waals surface area contributed by atoms with Crippen molar-refractivity contribution in [2.75, 3.05) is 0 Å². The van der Waals surface area contributed by atoms with Crippen LogP contribution in [0.5, 0.6) is 5.75 Å². The summed E-state index contributed by atoms with van der Waals surface area (Å²) >= 11 is 6.85. The molecule has 1 aromatic heterocycles. The summed E-state index contributed by atoms with van der Waals surface area (Å²) in [6, 6.07) is 2.99. The van der Waals surface area contributed by atoms with Gasteiger partial charge in [-0.15, -0.1) is 22.9 Å². The van der Waals surface area contributed by atoms with E-state index in [1.54, 1.807) is 11.4 Å². The number of alkyl halides is 1. The molecule has 0 bridgehead atoms. The lowest BCUT2D eigenvalue weighted by Crippen LogP contribution is -1.84. The summed E-state index contributed by atoms with van der Waals surface area (Å²) in [5.74, 6) is -0.00688. The molecule has 2 aromatic rings. The van der Waals surface area contributed by atoms with Gasteiger partial charge in [0.2, 0.25) is 0 Å². The minimum atomic E-state index is -0.315. The highest BCUT2D eigenvalue weighted by Crippen LogP contribution is 2.33. The summed E-state index contributed by atoms with van der Waals surface area (Å²) < 4.78 is 13.9. The number of rotatable bonds is 1. The summed E-state index contributed by atoms with van der Waals surface area (Å²) in [4.78, 5) is 0. The summed E-state index contributed by atoms with van der Waals surface area (Å²) in [5.41, 5.74) is 0.419. The molecule has 13 heavy (non-hydrogen) atoms. The molecule has 1 N–H and O–H groups in total. The van der Waals surface area contributed by atoms with Crippen molar-refractivity contribution in [3.05, 3.63) is 28.9 Å². The summed E-state index contributed by atoms with van der Waals surface area (Å²) in [7, 11) is 0. The van der Waals surface area contributed by atoms with Crippen molar-refractivity contribution in [2.45, 2.75) is 5.88 Å². The van der Waals surface area contributed by atoms with E-state index in [-0.39, 0.29) is 17.4 Å². The Labute approximate surface area is 83.4 Å². The first-order valence-electron chi connectivity index (χ1n) is 3.67. The van der Waals surface area contributed by atoms with Crippen molar-refractivity contribution in [1.29, 1.82) is 0 Å². The quantitative estimate of drug-likeness (QED) is 0.724. The topological polar surface area (TPSA) is 20.2 Å². The average Bonchev–Trinajstić information content (AvgIpc) is 2.46. The van der Waals surface area contributed by atoms with Crippen LogP contribution in [0.3, 0.4) is 0 Å². The van der Waals surface area contributed by atoms with Gasteiger partial charge in [-0.2, -0.15) is 0 Å². The molecule has 0 unspecified atom stereocenters. The lowest BCUT2D eigenvalue weighted by atomic mass is 10.2. The van der Waals surface area contributed by atoms with E-state index in [9.17, 15) is 9.50 Å². The van der Waals surface area contributed by atoms with Crippen molar-refractivity contribution in [3.63, 3.8) is 0 Å². The van der Waals surface area contributed by atoms with Crippen molar-refractivity contribution >= 4 is 33.0 Å². The SMILES string of the molecule is Oc1csc2cc(F)c(CCl)cc12. The fraction of sp³-hybridized carbons (Fsp3) is 0.111. The Bertz CT molecular complexity index is 452. The Morgan fingerprint density at radius 3 is 2.92 bits per heavy atom. The second-order valence-corrected chi connectivity index (χ2v) is 3.87. The van der Waals surface area contributed by atoms with Crippen molar-refractivity contribution in [2.24, 2.45) is 0 Å². The van der Waals surface area contributed by atoms with Crippen molar-refractivity contribution in [1.82, 2.24) is 0 Å². The molecule has 1 heterocycles. The zero-order chi connectivity index (χ0) is 9.42. The monoisotopic (exact) mass is 216 g/mol. The summed E-state index contributed by atoms with van der Waals surface area (Å²) in [5, 5.41) is 11.6. The maximum atomic E-state index is 13.2. The molecule has 2 rings (SSSR count). The van der Waals surface area contributed by atoms with Gasteiger partial charge in [-0.25, -0.2) is 4.39 Å². The lowest BCUT2D eigenvalue weighted by molar-refractivity contribution is 0.483. The molecule has 1 nitrogen and oxygen atoms in total. The predicted molar refractivity (Wildman–Crippen MR) is 53.0 cm³/mol. The molecule has 0 saturated carbocycles. The Morgan fingerprint density at radius 2 is 2.23 bits per heavy atom. The van der Waals surface area contributed by atoms with E-state index in [4.69, 9.17) is 11.6 Å². The van der Waals surface area contributed by atoms with Gasteiger partial charge in [-0.3, -0.25) is 0 Å². The number of fused-ring (bicyclic) bond motifs is 1. The molecule has 0 amide bonds. The van der Waals surface area contributed by atoms with E-state index in [1.807, 2.05) is 0 Å².